The molecule has 3 atom stereocenters. The van der Waals surface area contributed by atoms with Gasteiger partial charge in [0.25, 0.3) is 5.97 Å². The fraction of sp³-hybridized carbons (Fsp3) is 0.833. The van der Waals surface area contributed by atoms with Crippen molar-refractivity contribution in [3.05, 3.63) is 10.1 Å². The minimum absolute atomic E-state index is 0.0329. The van der Waals surface area contributed by atoms with Gasteiger partial charge in [0.15, 0.2) is 0 Å². The van der Waals surface area contributed by atoms with Gasteiger partial charge in [0, 0.05) is 50.1 Å². The van der Waals surface area contributed by atoms with E-state index in [-0.39, 0.29) is 38.1 Å². The second-order valence-electron chi connectivity index (χ2n) is 5.49. The van der Waals surface area contributed by atoms with Crippen LogP contribution in [0.5, 0.6) is 0 Å². The van der Waals surface area contributed by atoms with Crippen LogP contribution in [0.15, 0.2) is 0 Å². The molecular weight excluding hydrogens is 424 g/mol. The van der Waals surface area contributed by atoms with Gasteiger partial charge in [-0.2, -0.15) is 0 Å². The Hall–Kier alpha value is -1.24. The number of amides is 2. The molecule has 14 nitrogen and oxygen atoms in total. The Kier molecular flexibility index (Phi) is 13.2. The molecule has 0 radical (unpaired) electrons. The Morgan fingerprint density at radius 1 is 1.25 bits per heavy atom. The van der Waals surface area contributed by atoms with E-state index < -0.39 is 46.1 Å². The maximum absolute atomic E-state index is 11.8. The first-order valence-corrected chi connectivity index (χ1v) is 10.6. The monoisotopic (exact) mass is 449 g/mol. The minimum atomic E-state index is -3.69. The number of nitrogens with one attached hydrogen (secondary N) is 2. The summed E-state index contributed by atoms with van der Waals surface area (Å²) in [6.07, 6.45) is -1.07. The van der Waals surface area contributed by atoms with E-state index in [9.17, 15) is 29.4 Å². The zero-order valence-corrected chi connectivity index (χ0v) is 17.0. The van der Waals surface area contributed by atoms with E-state index in [1.54, 1.807) is 6.92 Å². The smallest absolute Gasteiger partial charge is 0.331 e. The average molecular weight is 449 g/mol. The third kappa shape index (κ3) is 13.0. The molecule has 0 aromatic carbocycles. The molecule has 164 valence electrons. The summed E-state index contributed by atoms with van der Waals surface area (Å²) in [5.74, 6) is -3.75. The molecule has 0 aliphatic heterocycles. The molecule has 0 spiro atoms. The fourth-order valence-corrected chi connectivity index (χ4v) is 2.93. The number of hydrogen-bond acceptors (Lipinski definition) is 10. The van der Waals surface area contributed by atoms with Crippen LogP contribution < -0.4 is 10.6 Å². The summed E-state index contributed by atoms with van der Waals surface area (Å²) >= 11 is 0. The van der Waals surface area contributed by atoms with Gasteiger partial charge in [-0.15, -0.1) is 0 Å². The van der Waals surface area contributed by atoms with Gasteiger partial charge in [-0.3, -0.25) is 33.3 Å². The molecular formula is C12H25N3O11P2. The van der Waals surface area contributed by atoms with Crippen molar-refractivity contribution in [3.8, 4) is 0 Å². The third-order valence-electron chi connectivity index (χ3n) is 3.32. The molecule has 0 saturated heterocycles. The van der Waals surface area contributed by atoms with Gasteiger partial charge >= 0.3 is 16.9 Å². The highest BCUT2D eigenvalue weighted by atomic mass is 31.2. The molecule has 0 rings (SSSR count). The zero-order valence-electron chi connectivity index (χ0n) is 15.1. The van der Waals surface area contributed by atoms with Gasteiger partial charge in [-0.05, 0) is 6.92 Å². The summed E-state index contributed by atoms with van der Waals surface area (Å²) in [5.41, 5.74) is 0. The van der Waals surface area contributed by atoms with Crippen LogP contribution in [-0.4, -0.2) is 61.6 Å². The van der Waals surface area contributed by atoms with Gasteiger partial charge in [0.05, 0.1) is 0 Å². The third-order valence-corrected chi connectivity index (χ3v) is 4.26. The van der Waals surface area contributed by atoms with Crippen molar-refractivity contribution in [1.82, 2.24) is 10.6 Å². The molecule has 0 heterocycles. The fourth-order valence-electron chi connectivity index (χ4n) is 2.06. The van der Waals surface area contributed by atoms with E-state index in [4.69, 9.17) is 14.7 Å². The van der Waals surface area contributed by atoms with Crippen molar-refractivity contribution in [2.45, 2.75) is 51.0 Å². The van der Waals surface area contributed by atoms with Crippen molar-refractivity contribution in [3.63, 3.8) is 0 Å². The van der Waals surface area contributed by atoms with Crippen LogP contribution in [0.4, 0.5) is 0 Å². The first-order valence-electron chi connectivity index (χ1n) is 8.17. The Labute approximate surface area is 162 Å². The summed E-state index contributed by atoms with van der Waals surface area (Å²) < 4.78 is 19.1. The molecule has 0 aliphatic rings. The number of rotatable bonds is 15. The number of nitrogens with zero attached hydrogens (tertiary/aromatic N) is 1. The van der Waals surface area contributed by atoms with Crippen LogP contribution >= 0.6 is 16.9 Å². The predicted octanol–water partition coefficient (Wildman–Crippen LogP) is -0.893. The molecule has 0 fully saturated rings. The van der Waals surface area contributed by atoms with E-state index in [2.05, 4.69) is 19.7 Å². The summed E-state index contributed by atoms with van der Waals surface area (Å²) in [5, 5.41) is 25.6. The van der Waals surface area contributed by atoms with Crippen LogP contribution in [0.2, 0.25) is 0 Å². The Bertz CT molecular complexity index is 551. The lowest BCUT2D eigenvalue weighted by molar-refractivity contribution is -0.524. The number of carbonyl (C=O) groups excluding carboxylic acids is 2. The van der Waals surface area contributed by atoms with Gasteiger partial charge in [-0.1, -0.05) is 0 Å². The lowest BCUT2D eigenvalue weighted by Crippen LogP contribution is -2.37. The maximum Gasteiger partial charge on any atom is 0.331 e. The Morgan fingerprint density at radius 2 is 1.79 bits per heavy atom. The lowest BCUT2D eigenvalue weighted by atomic mass is 10.1. The van der Waals surface area contributed by atoms with Crippen molar-refractivity contribution in [2.75, 3.05) is 13.1 Å². The van der Waals surface area contributed by atoms with Crippen molar-refractivity contribution < 1.29 is 47.9 Å². The summed E-state index contributed by atoms with van der Waals surface area (Å²) in [6.45, 7) is 1.77. The van der Waals surface area contributed by atoms with Crippen LogP contribution in [0.25, 0.3) is 0 Å². The molecule has 28 heavy (non-hydrogen) atoms. The second-order valence-corrected chi connectivity index (χ2v) is 6.92. The standard InChI is InChI=1S/C12H25N3O11P2/c1-2-13-10(16)5-3-9(15(19)20)4-6-11(17)14-8-7-12(18,25-27(21)22)26-28(23)24/h9,18,21-22,28H,2-8H2,1H3,(H,13,16)(H,14,17)(H,23,24). The molecule has 2 amide bonds. The predicted molar refractivity (Wildman–Crippen MR) is 95.3 cm³/mol. The number of aliphatic hydroxyl groups is 1. The van der Waals surface area contributed by atoms with Gasteiger partial charge in [-0.25, -0.2) is 0 Å². The first kappa shape index (κ1) is 26.8. The molecule has 0 aromatic heterocycles. The van der Waals surface area contributed by atoms with Crippen LogP contribution in [-0.2, 0) is 23.2 Å². The molecule has 16 heteroatoms. The topological polar surface area (TPSA) is 218 Å². The van der Waals surface area contributed by atoms with E-state index in [0.29, 0.717) is 6.54 Å². The number of carbonyl (C=O) groups is 2. The SMILES string of the molecule is CCNC(=O)CCC(CCC(=O)NCCC(O)(OP(O)O)O[PH](=O)O)[N+](=O)[O-]. The van der Waals surface area contributed by atoms with Crippen LogP contribution in [0, 0.1) is 10.1 Å². The first-order chi connectivity index (χ1) is 13.0. The highest BCUT2D eigenvalue weighted by Crippen LogP contribution is 2.38. The van der Waals surface area contributed by atoms with E-state index in [0.717, 1.165) is 0 Å². The molecule has 6 N–H and O–H groups in total. The van der Waals surface area contributed by atoms with Crippen molar-refractivity contribution in [1.29, 1.82) is 0 Å². The van der Waals surface area contributed by atoms with Gasteiger partial charge < -0.3 is 30.4 Å². The second kappa shape index (κ2) is 13.9. The van der Waals surface area contributed by atoms with Crippen LogP contribution in [0.3, 0.4) is 0 Å². The Morgan fingerprint density at radius 3 is 2.21 bits per heavy atom. The molecule has 0 bridgehead atoms. The quantitative estimate of drug-likeness (QED) is 0.0779. The van der Waals surface area contributed by atoms with Crippen molar-refractivity contribution in [2.24, 2.45) is 0 Å². The molecule has 0 aromatic rings. The maximum atomic E-state index is 11.8. The molecule has 3 unspecified atom stereocenters. The number of hydrogen-bond donors (Lipinski definition) is 6. The highest BCUT2D eigenvalue weighted by Gasteiger charge is 2.34. The number of nitro groups is 1. The summed E-state index contributed by atoms with van der Waals surface area (Å²) in [6, 6.07) is -1.09. The van der Waals surface area contributed by atoms with Crippen molar-refractivity contribution >= 4 is 28.7 Å². The lowest BCUT2D eigenvalue weighted by Gasteiger charge is -2.26. The zero-order chi connectivity index (χ0) is 21.7. The highest BCUT2D eigenvalue weighted by molar-refractivity contribution is 7.39. The summed E-state index contributed by atoms with van der Waals surface area (Å²) in [4.78, 5) is 59.7. The minimum Gasteiger partial charge on any atom is -0.356 e. The molecule has 0 saturated carbocycles. The average Bonchev–Trinajstić information content (AvgIpc) is 2.52. The molecule has 0 aliphatic carbocycles. The van der Waals surface area contributed by atoms with Gasteiger partial charge in [0.1, 0.15) is 0 Å². The van der Waals surface area contributed by atoms with Gasteiger partial charge in [0.2, 0.25) is 17.9 Å². The Balaban J connectivity index is 4.41. The van der Waals surface area contributed by atoms with E-state index in [1.165, 1.54) is 0 Å². The van der Waals surface area contributed by atoms with Crippen LogP contribution in [0.1, 0.15) is 39.0 Å². The van der Waals surface area contributed by atoms with E-state index in [1.807, 2.05) is 0 Å². The largest absolute Gasteiger partial charge is 0.356 e. The summed E-state index contributed by atoms with van der Waals surface area (Å²) in [7, 11) is -6.81. The normalized spacial score (nSPS) is 15.5. The van der Waals surface area contributed by atoms with E-state index >= 15 is 0 Å².